The van der Waals surface area contributed by atoms with Crippen LogP contribution >= 0.6 is 0 Å². The molecule has 1 saturated heterocycles. The van der Waals surface area contributed by atoms with Crippen molar-refractivity contribution in [1.82, 2.24) is 10.2 Å². The fourth-order valence-corrected chi connectivity index (χ4v) is 7.85. The van der Waals surface area contributed by atoms with E-state index in [-0.39, 0.29) is 12.0 Å². The minimum absolute atomic E-state index is 0.178. The lowest BCUT2D eigenvalue weighted by Crippen LogP contribution is -2.47. The lowest BCUT2D eigenvalue weighted by atomic mass is 9.69. The third kappa shape index (κ3) is 5.89. The standard InChI is InChI=1S/C29H41F3N2O/c30-29(31,32)24-13-7-8-20(16-24)17-34-18-23-14-15-26(25(23)19-34)33-28(35)27(21-9-3-1-4-10-21)22-11-5-2-6-12-22/h7-8,13,16,21-23,25-27H,1-6,9-12,14-15,17-19H2,(H,33,35)/t23-,25-,26-/m1/s1. The molecular weight excluding hydrogens is 449 g/mol. The molecule has 3 nitrogen and oxygen atoms in total. The highest BCUT2D eigenvalue weighted by atomic mass is 19.4. The lowest BCUT2D eigenvalue weighted by molar-refractivity contribution is -0.137. The van der Waals surface area contributed by atoms with Crippen LogP contribution in [0, 0.1) is 29.6 Å². The van der Waals surface area contributed by atoms with Gasteiger partial charge >= 0.3 is 6.18 Å². The summed E-state index contributed by atoms with van der Waals surface area (Å²) in [6.07, 6.45) is 10.3. The topological polar surface area (TPSA) is 32.3 Å². The number of carbonyl (C=O) groups excluding carboxylic acids is 1. The van der Waals surface area contributed by atoms with E-state index in [9.17, 15) is 18.0 Å². The van der Waals surface area contributed by atoms with Gasteiger partial charge in [0.25, 0.3) is 0 Å². The van der Waals surface area contributed by atoms with Crippen molar-refractivity contribution in [2.24, 2.45) is 29.6 Å². The third-order valence-corrected chi connectivity index (χ3v) is 9.54. The van der Waals surface area contributed by atoms with Gasteiger partial charge in [-0.25, -0.2) is 0 Å². The molecule has 1 aromatic carbocycles. The van der Waals surface area contributed by atoms with Gasteiger partial charge in [-0.15, -0.1) is 0 Å². The number of hydrogen-bond acceptors (Lipinski definition) is 2. The number of halogens is 3. The fraction of sp³-hybridized carbons (Fsp3) is 0.759. The molecule has 1 N–H and O–H groups in total. The Balaban J connectivity index is 1.21. The maximum absolute atomic E-state index is 13.8. The van der Waals surface area contributed by atoms with Crippen molar-refractivity contribution in [3.63, 3.8) is 0 Å². The van der Waals surface area contributed by atoms with E-state index >= 15 is 0 Å². The van der Waals surface area contributed by atoms with Crippen LogP contribution in [0.15, 0.2) is 24.3 Å². The summed E-state index contributed by atoms with van der Waals surface area (Å²) in [5.41, 5.74) is 0.144. The normalized spacial score (nSPS) is 29.0. The second-order valence-corrected chi connectivity index (χ2v) is 11.8. The maximum atomic E-state index is 13.8. The first kappa shape index (κ1) is 25.1. The first-order valence-corrected chi connectivity index (χ1v) is 14.1. The Hall–Kier alpha value is -1.56. The van der Waals surface area contributed by atoms with E-state index in [0.29, 0.717) is 36.1 Å². The van der Waals surface area contributed by atoms with Gasteiger partial charge < -0.3 is 5.32 Å². The first-order chi connectivity index (χ1) is 16.9. The Kier molecular flexibility index (Phi) is 7.76. The molecule has 1 aromatic rings. The van der Waals surface area contributed by atoms with Gasteiger partial charge in [-0.2, -0.15) is 13.2 Å². The van der Waals surface area contributed by atoms with Crippen molar-refractivity contribution in [2.45, 2.75) is 95.8 Å². The molecule has 1 amide bonds. The number of nitrogens with one attached hydrogen (secondary N) is 1. The highest BCUT2D eigenvalue weighted by molar-refractivity contribution is 5.79. The zero-order valence-electron chi connectivity index (χ0n) is 20.9. The van der Waals surface area contributed by atoms with E-state index in [1.54, 1.807) is 6.07 Å². The summed E-state index contributed by atoms with van der Waals surface area (Å²) in [5, 5.41) is 3.54. The molecule has 0 unspecified atom stereocenters. The van der Waals surface area contributed by atoms with Crippen LogP contribution in [0.2, 0.25) is 0 Å². The molecule has 4 fully saturated rings. The van der Waals surface area contributed by atoms with Crippen molar-refractivity contribution in [2.75, 3.05) is 13.1 Å². The van der Waals surface area contributed by atoms with E-state index in [1.165, 1.54) is 76.3 Å². The molecule has 3 aliphatic carbocycles. The Morgan fingerprint density at radius 2 is 1.57 bits per heavy atom. The third-order valence-electron chi connectivity index (χ3n) is 9.54. The molecule has 6 heteroatoms. The highest BCUT2D eigenvalue weighted by Gasteiger charge is 2.45. The molecule has 3 saturated carbocycles. The zero-order chi connectivity index (χ0) is 24.4. The SMILES string of the molecule is O=C(N[C@@H]1CC[C@@H]2CN(Cc3cccc(C(F)(F)F)c3)C[C@H]21)C(C1CCCCC1)C1CCCCC1. The average Bonchev–Trinajstić information content (AvgIpc) is 3.41. The van der Waals surface area contributed by atoms with Crippen LogP contribution in [-0.2, 0) is 17.5 Å². The van der Waals surface area contributed by atoms with Crippen LogP contribution in [0.4, 0.5) is 13.2 Å². The van der Waals surface area contributed by atoms with E-state index in [0.717, 1.165) is 37.6 Å². The van der Waals surface area contributed by atoms with Crippen molar-refractivity contribution in [3.8, 4) is 0 Å². The number of rotatable bonds is 6. The van der Waals surface area contributed by atoms with Gasteiger partial charge in [0.15, 0.2) is 0 Å². The number of amides is 1. The van der Waals surface area contributed by atoms with Crippen LogP contribution < -0.4 is 5.32 Å². The Labute approximate surface area is 208 Å². The van der Waals surface area contributed by atoms with E-state index in [1.807, 2.05) is 0 Å². The van der Waals surface area contributed by atoms with Gasteiger partial charge in [0.1, 0.15) is 0 Å². The Morgan fingerprint density at radius 1 is 0.914 bits per heavy atom. The van der Waals surface area contributed by atoms with E-state index in [2.05, 4.69) is 10.2 Å². The van der Waals surface area contributed by atoms with Crippen LogP contribution in [0.1, 0.15) is 88.2 Å². The molecule has 0 radical (unpaired) electrons. The minimum Gasteiger partial charge on any atom is -0.353 e. The minimum atomic E-state index is -4.31. The van der Waals surface area contributed by atoms with E-state index in [4.69, 9.17) is 0 Å². The van der Waals surface area contributed by atoms with Gasteiger partial charge in [-0.1, -0.05) is 56.7 Å². The fourth-order valence-electron chi connectivity index (χ4n) is 7.85. The van der Waals surface area contributed by atoms with Crippen LogP contribution in [0.5, 0.6) is 0 Å². The highest BCUT2D eigenvalue weighted by Crippen LogP contribution is 2.42. The average molecular weight is 491 g/mol. The number of likely N-dealkylation sites (tertiary alicyclic amines) is 1. The van der Waals surface area contributed by atoms with Crippen LogP contribution in [0.25, 0.3) is 0 Å². The Morgan fingerprint density at radius 3 is 2.20 bits per heavy atom. The molecule has 0 bridgehead atoms. The molecule has 5 rings (SSSR count). The maximum Gasteiger partial charge on any atom is 0.416 e. The first-order valence-electron chi connectivity index (χ1n) is 14.1. The van der Waals surface area contributed by atoms with Gasteiger partial charge in [-0.05, 0) is 73.8 Å². The van der Waals surface area contributed by atoms with E-state index < -0.39 is 11.7 Å². The smallest absolute Gasteiger partial charge is 0.353 e. The summed E-state index contributed by atoms with van der Waals surface area (Å²) < 4.78 is 39.4. The summed E-state index contributed by atoms with van der Waals surface area (Å²) in [7, 11) is 0. The molecule has 0 spiro atoms. The quantitative estimate of drug-likeness (QED) is 0.475. The van der Waals surface area contributed by atoms with Gasteiger partial charge in [0, 0.05) is 31.6 Å². The molecule has 1 aliphatic heterocycles. The summed E-state index contributed by atoms with van der Waals surface area (Å²) >= 11 is 0. The summed E-state index contributed by atoms with van der Waals surface area (Å²) in [6.45, 7) is 2.33. The summed E-state index contributed by atoms with van der Waals surface area (Å²) in [4.78, 5) is 16.1. The molecule has 3 atom stereocenters. The second kappa shape index (κ2) is 10.8. The van der Waals surface area contributed by atoms with Crippen LogP contribution in [-0.4, -0.2) is 29.9 Å². The van der Waals surface area contributed by atoms with Crippen molar-refractivity contribution in [3.05, 3.63) is 35.4 Å². The predicted molar refractivity (Wildman–Crippen MR) is 132 cm³/mol. The van der Waals surface area contributed by atoms with Gasteiger partial charge in [-0.3, -0.25) is 9.69 Å². The molecule has 4 aliphatic rings. The zero-order valence-corrected chi connectivity index (χ0v) is 20.9. The number of alkyl halides is 3. The molecular formula is C29H41F3N2O. The summed E-state index contributed by atoms with van der Waals surface area (Å²) in [6, 6.07) is 5.94. The number of nitrogens with zero attached hydrogens (tertiary/aromatic N) is 1. The van der Waals surface area contributed by atoms with Crippen molar-refractivity contribution < 1.29 is 18.0 Å². The monoisotopic (exact) mass is 490 g/mol. The van der Waals surface area contributed by atoms with Crippen LogP contribution in [0.3, 0.4) is 0 Å². The Bertz CT molecular complexity index is 842. The molecule has 0 aromatic heterocycles. The molecule has 194 valence electrons. The second-order valence-electron chi connectivity index (χ2n) is 11.8. The molecule has 1 heterocycles. The van der Waals surface area contributed by atoms with Crippen molar-refractivity contribution in [1.29, 1.82) is 0 Å². The molecule has 35 heavy (non-hydrogen) atoms. The number of hydrogen-bond donors (Lipinski definition) is 1. The number of benzene rings is 1. The van der Waals surface area contributed by atoms with Gasteiger partial charge in [0.2, 0.25) is 5.91 Å². The number of fused-ring (bicyclic) bond motifs is 1. The largest absolute Gasteiger partial charge is 0.416 e. The lowest BCUT2D eigenvalue weighted by Gasteiger charge is -2.37. The predicted octanol–water partition coefficient (Wildman–Crippen LogP) is 6.81. The summed E-state index contributed by atoms with van der Waals surface area (Å²) in [5.74, 6) is 2.54. The number of carbonyl (C=O) groups is 1. The van der Waals surface area contributed by atoms with Gasteiger partial charge in [0.05, 0.1) is 5.56 Å². The van der Waals surface area contributed by atoms with Crippen molar-refractivity contribution >= 4 is 5.91 Å².